The van der Waals surface area contributed by atoms with Gasteiger partial charge in [-0.3, -0.25) is 0 Å². The summed E-state index contributed by atoms with van der Waals surface area (Å²) in [7, 11) is 0. The van der Waals surface area contributed by atoms with E-state index >= 15 is 0 Å². The molecule has 9 aromatic carbocycles. The molecule has 0 atom stereocenters. The molecule has 0 fully saturated rings. The molecule has 3 heterocycles. The maximum absolute atomic E-state index is 5.28. The first-order valence-corrected chi connectivity index (χ1v) is 19.7. The molecule has 0 aliphatic carbocycles. The standard InChI is InChI=1S/C51H30N4S/c1-2-14-33(15-3-1)49-52-50(39-21-10-18-31-12-6-8-19-37(31)39)54-51(53-49)40-22-11-23-46-48(40)42-30-36(25-27-45(42)56-46)55-43-26-24-32-13-7-9-20-38(32)47(43)41-28-34-16-4-5-17-35(34)29-44(41)55/h1-30H. The predicted molar refractivity (Wildman–Crippen MR) is 236 cm³/mol. The van der Waals surface area contributed by atoms with Crippen LogP contribution in [0.4, 0.5) is 0 Å². The number of nitrogens with zero attached hydrogens (tertiary/aromatic N) is 4. The first kappa shape index (κ1) is 31.2. The van der Waals surface area contributed by atoms with Gasteiger partial charge in [0.05, 0.1) is 11.0 Å². The fourth-order valence-electron chi connectivity index (χ4n) is 8.64. The van der Waals surface area contributed by atoms with E-state index in [4.69, 9.17) is 15.0 Å². The summed E-state index contributed by atoms with van der Waals surface area (Å²) >= 11 is 1.81. The normalized spacial score (nSPS) is 11.9. The van der Waals surface area contributed by atoms with Gasteiger partial charge >= 0.3 is 0 Å². The minimum absolute atomic E-state index is 0.653. The third-order valence-electron chi connectivity index (χ3n) is 11.2. The van der Waals surface area contributed by atoms with E-state index in [0.29, 0.717) is 17.5 Å². The minimum atomic E-state index is 0.653. The highest BCUT2D eigenvalue weighted by Crippen LogP contribution is 2.43. The summed E-state index contributed by atoms with van der Waals surface area (Å²) in [4.78, 5) is 15.6. The van der Waals surface area contributed by atoms with Crippen molar-refractivity contribution in [1.82, 2.24) is 19.5 Å². The van der Waals surface area contributed by atoms with Gasteiger partial charge in [0.25, 0.3) is 0 Å². The Labute approximate surface area is 325 Å². The number of hydrogen-bond donors (Lipinski definition) is 0. The highest BCUT2D eigenvalue weighted by molar-refractivity contribution is 7.26. The van der Waals surface area contributed by atoms with Crippen molar-refractivity contribution < 1.29 is 0 Å². The lowest BCUT2D eigenvalue weighted by Crippen LogP contribution is -2.00. The van der Waals surface area contributed by atoms with E-state index in [1.54, 1.807) is 0 Å². The smallest absolute Gasteiger partial charge is 0.164 e. The molecule has 0 saturated heterocycles. The van der Waals surface area contributed by atoms with Crippen LogP contribution in [-0.2, 0) is 0 Å². The van der Waals surface area contributed by atoms with Gasteiger partial charge in [-0.05, 0) is 74.8 Å². The van der Waals surface area contributed by atoms with E-state index in [1.165, 1.54) is 58.1 Å². The topological polar surface area (TPSA) is 43.6 Å². The number of benzene rings is 9. The molecule has 5 heteroatoms. The monoisotopic (exact) mass is 730 g/mol. The molecule has 0 aliphatic rings. The fraction of sp³-hybridized carbons (Fsp3) is 0. The number of aromatic nitrogens is 4. The Bertz CT molecular complexity index is 3540. The molecule has 0 spiro atoms. The zero-order valence-electron chi connectivity index (χ0n) is 30.0. The summed E-state index contributed by atoms with van der Waals surface area (Å²) < 4.78 is 4.87. The third-order valence-corrected chi connectivity index (χ3v) is 12.3. The fourth-order valence-corrected chi connectivity index (χ4v) is 9.76. The minimum Gasteiger partial charge on any atom is -0.309 e. The highest BCUT2D eigenvalue weighted by Gasteiger charge is 2.20. The second kappa shape index (κ2) is 12.2. The average Bonchev–Trinajstić information content (AvgIpc) is 3.80. The molecule has 0 unspecified atom stereocenters. The van der Waals surface area contributed by atoms with Crippen LogP contribution >= 0.6 is 11.3 Å². The van der Waals surface area contributed by atoms with Crippen LogP contribution in [0.2, 0.25) is 0 Å². The lowest BCUT2D eigenvalue weighted by Gasteiger charge is -2.12. The van der Waals surface area contributed by atoms with E-state index in [1.807, 2.05) is 29.5 Å². The van der Waals surface area contributed by atoms with Crippen LogP contribution in [0.3, 0.4) is 0 Å². The molecule has 0 saturated carbocycles. The Balaban J connectivity index is 1.13. The molecule has 4 nitrogen and oxygen atoms in total. The quantitative estimate of drug-likeness (QED) is 0.181. The Morgan fingerprint density at radius 2 is 1.00 bits per heavy atom. The summed E-state index contributed by atoms with van der Waals surface area (Å²) in [5.74, 6) is 1.97. The maximum atomic E-state index is 5.28. The van der Waals surface area contributed by atoms with E-state index in [2.05, 4.69) is 168 Å². The molecule has 3 aromatic heterocycles. The van der Waals surface area contributed by atoms with Crippen molar-refractivity contribution in [3.8, 4) is 39.9 Å². The summed E-state index contributed by atoms with van der Waals surface area (Å²) in [5, 5.41) is 12.1. The second-order valence-corrected chi connectivity index (χ2v) is 15.5. The van der Waals surface area contributed by atoms with Crippen LogP contribution in [0.5, 0.6) is 0 Å². The molecule has 0 radical (unpaired) electrons. The Morgan fingerprint density at radius 3 is 1.84 bits per heavy atom. The van der Waals surface area contributed by atoms with Crippen molar-refractivity contribution in [3.05, 3.63) is 182 Å². The van der Waals surface area contributed by atoms with Crippen molar-refractivity contribution >= 4 is 85.6 Å². The first-order valence-electron chi connectivity index (χ1n) is 18.9. The molecule has 0 N–H and O–H groups in total. The molecular formula is C51H30N4S. The molecule has 12 rings (SSSR count). The van der Waals surface area contributed by atoms with Gasteiger partial charge < -0.3 is 4.57 Å². The first-order chi connectivity index (χ1) is 27.7. The molecule has 12 aromatic rings. The van der Waals surface area contributed by atoms with Crippen molar-refractivity contribution in [1.29, 1.82) is 0 Å². The Kier molecular flexibility index (Phi) is 6.76. The number of fused-ring (bicyclic) bond motifs is 10. The molecule has 0 amide bonds. The van der Waals surface area contributed by atoms with Crippen molar-refractivity contribution in [2.75, 3.05) is 0 Å². The van der Waals surface area contributed by atoms with E-state index < -0.39 is 0 Å². The van der Waals surface area contributed by atoms with Crippen LogP contribution in [0.15, 0.2) is 182 Å². The van der Waals surface area contributed by atoms with Gasteiger partial charge in [-0.2, -0.15) is 0 Å². The molecule has 0 bridgehead atoms. The van der Waals surface area contributed by atoms with Crippen LogP contribution in [0.25, 0.3) is 114 Å². The lowest BCUT2D eigenvalue weighted by molar-refractivity contribution is 1.08. The highest BCUT2D eigenvalue weighted by atomic mass is 32.1. The van der Waals surface area contributed by atoms with E-state index in [0.717, 1.165) is 38.5 Å². The number of thiophene rings is 1. The summed E-state index contributed by atoms with van der Waals surface area (Å²) in [5.41, 5.74) is 6.44. The predicted octanol–water partition coefficient (Wildman–Crippen LogP) is 13.8. The Hall–Kier alpha value is -7.21. The largest absolute Gasteiger partial charge is 0.309 e. The second-order valence-electron chi connectivity index (χ2n) is 14.4. The zero-order chi connectivity index (χ0) is 36.7. The summed E-state index contributed by atoms with van der Waals surface area (Å²) in [6, 6.07) is 65.1. The molecular weight excluding hydrogens is 701 g/mol. The van der Waals surface area contributed by atoms with E-state index in [9.17, 15) is 0 Å². The summed E-state index contributed by atoms with van der Waals surface area (Å²) in [6.07, 6.45) is 0. The SMILES string of the molecule is c1ccc(-c2nc(-c3cccc4ccccc34)nc(-c3cccc4sc5ccc(-n6c7cc8ccccc8cc7c7c8ccccc8ccc76)cc5c34)n2)cc1. The van der Waals surface area contributed by atoms with Crippen molar-refractivity contribution in [2.24, 2.45) is 0 Å². The van der Waals surface area contributed by atoms with Crippen LogP contribution in [0.1, 0.15) is 0 Å². The van der Waals surface area contributed by atoms with E-state index in [-0.39, 0.29) is 0 Å². The van der Waals surface area contributed by atoms with Gasteiger partial charge in [-0.25, -0.2) is 15.0 Å². The number of rotatable bonds is 4. The van der Waals surface area contributed by atoms with Crippen LogP contribution < -0.4 is 0 Å². The molecule has 260 valence electrons. The Morgan fingerprint density at radius 1 is 0.357 bits per heavy atom. The maximum Gasteiger partial charge on any atom is 0.164 e. The summed E-state index contributed by atoms with van der Waals surface area (Å²) in [6.45, 7) is 0. The van der Waals surface area contributed by atoms with Gasteiger partial charge in [0.2, 0.25) is 0 Å². The molecule has 0 aliphatic heterocycles. The average molecular weight is 731 g/mol. The zero-order valence-corrected chi connectivity index (χ0v) is 30.8. The van der Waals surface area contributed by atoms with Gasteiger partial charge in [-0.15, -0.1) is 11.3 Å². The molecule has 56 heavy (non-hydrogen) atoms. The lowest BCUT2D eigenvalue weighted by atomic mass is 10.0. The van der Waals surface area contributed by atoms with Crippen LogP contribution in [0, 0.1) is 0 Å². The van der Waals surface area contributed by atoms with Gasteiger partial charge in [-0.1, -0.05) is 140 Å². The van der Waals surface area contributed by atoms with Crippen LogP contribution in [-0.4, -0.2) is 19.5 Å². The van der Waals surface area contributed by atoms with Gasteiger partial charge in [0, 0.05) is 53.3 Å². The third kappa shape index (κ3) is 4.75. The number of hydrogen-bond acceptors (Lipinski definition) is 4. The van der Waals surface area contributed by atoms with Gasteiger partial charge in [0.1, 0.15) is 0 Å². The van der Waals surface area contributed by atoms with Gasteiger partial charge in [0.15, 0.2) is 17.5 Å². The van der Waals surface area contributed by atoms with Crippen molar-refractivity contribution in [2.45, 2.75) is 0 Å². The van der Waals surface area contributed by atoms with Crippen molar-refractivity contribution in [3.63, 3.8) is 0 Å².